The van der Waals surface area contributed by atoms with E-state index in [-0.39, 0.29) is 10.5 Å². The fraction of sp³-hybridized carbons (Fsp3) is 0.267. The van der Waals surface area contributed by atoms with Gasteiger partial charge in [0.2, 0.25) is 10.0 Å². The first-order valence-corrected chi connectivity index (χ1v) is 7.89. The molecule has 0 fully saturated rings. The lowest BCUT2D eigenvalue weighted by Crippen LogP contribution is -2.40. The van der Waals surface area contributed by atoms with Crippen molar-refractivity contribution < 1.29 is 18.3 Å². The Labute approximate surface area is 123 Å². The van der Waals surface area contributed by atoms with Gasteiger partial charge in [0.1, 0.15) is 0 Å². The molecule has 5 nitrogen and oxygen atoms in total. The van der Waals surface area contributed by atoms with Crippen molar-refractivity contribution in [2.75, 3.05) is 0 Å². The molecule has 0 amide bonds. The van der Waals surface area contributed by atoms with Gasteiger partial charge in [-0.1, -0.05) is 24.3 Å². The number of benzene rings is 2. The van der Waals surface area contributed by atoms with E-state index >= 15 is 0 Å². The van der Waals surface area contributed by atoms with Crippen molar-refractivity contribution in [1.29, 1.82) is 0 Å². The molecule has 2 rings (SSSR count). The highest BCUT2D eigenvalue weighted by Gasteiger charge is 2.25. The van der Waals surface area contributed by atoms with Crippen molar-refractivity contribution in [2.45, 2.75) is 31.2 Å². The quantitative estimate of drug-likeness (QED) is 0.913. The highest BCUT2D eigenvalue weighted by atomic mass is 32.2. The van der Waals surface area contributed by atoms with Gasteiger partial charge in [0.05, 0.1) is 10.5 Å². The summed E-state index contributed by atoms with van der Waals surface area (Å²) in [7, 11) is -3.73. The van der Waals surface area contributed by atoms with Crippen LogP contribution in [0.2, 0.25) is 0 Å². The Morgan fingerprint density at radius 2 is 1.62 bits per heavy atom. The van der Waals surface area contributed by atoms with Gasteiger partial charge in [-0.15, -0.1) is 0 Å². The summed E-state index contributed by atoms with van der Waals surface area (Å²) in [6, 6.07) is 9.24. The monoisotopic (exact) mass is 307 g/mol. The van der Waals surface area contributed by atoms with Crippen molar-refractivity contribution in [3.63, 3.8) is 0 Å². The van der Waals surface area contributed by atoms with E-state index in [1.165, 1.54) is 12.1 Å². The number of sulfonamides is 1. The number of aromatic carboxylic acids is 1. The number of hydrogen-bond acceptors (Lipinski definition) is 3. The van der Waals surface area contributed by atoms with Crippen molar-refractivity contribution in [2.24, 2.45) is 0 Å². The molecule has 0 aliphatic heterocycles. The van der Waals surface area contributed by atoms with Gasteiger partial charge in [-0.3, -0.25) is 0 Å². The van der Waals surface area contributed by atoms with E-state index in [0.29, 0.717) is 10.8 Å². The molecular formula is C15H17NO4S. The molecule has 6 heteroatoms. The Kier molecular flexibility index (Phi) is 3.78. The van der Waals surface area contributed by atoms with Crippen LogP contribution in [0, 0.1) is 0 Å². The minimum Gasteiger partial charge on any atom is -0.478 e. The standard InChI is InChI=1S/C15H17NO4S/c1-15(2,3)16-21(19,20)13-9-8-12(14(17)18)10-6-4-5-7-11(10)13/h4-9,16H,1-3H3,(H,17,18). The topological polar surface area (TPSA) is 83.5 Å². The fourth-order valence-electron chi connectivity index (χ4n) is 2.15. The summed E-state index contributed by atoms with van der Waals surface area (Å²) in [6.45, 7) is 5.25. The third kappa shape index (κ3) is 3.22. The molecule has 21 heavy (non-hydrogen) atoms. The summed E-state index contributed by atoms with van der Waals surface area (Å²) >= 11 is 0. The molecule has 0 saturated heterocycles. The van der Waals surface area contributed by atoms with E-state index in [1.807, 2.05) is 0 Å². The summed E-state index contributed by atoms with van der Waals surface area (Å²) in [5.74, 6) is -1.08. The van der Waals surface area contributed by atoms with Crippen molar-refractivity contribution >= 4 is 26.8 Å². The second-order valence-electron chi connectivity index (χ2n) is 5.82. The number of nitrogens with one attached hydrogen (secondary N) is 1. The van der Waals surface area contributed by atoms with Gasteiger partial charge in [0.25, 0.3) is 0 Å². The molecule has 0 saturated carbocycles. The normalized spacial score (nSPS) is 12.5. The Morgan fingerprint density at radius 1 is 1.05 bits per heavy atom. The SMILES string of the molecule is CC(C)(C)NS(=O)(=O)c1ccc(C(=O)O)c2ccccc12. The molecule has 0 heterocycles. The first kappa shape index (κ1) is 15.5. The zero-order chi connectivity index (χ0) is 15.8. The van der Waals surface area contributed by atoms with E-state index in [9.17, 15) is 18.3 Å². The lowest BCUT2D eigenvalue weighted by Gasteiger charge is -2.21. The molecule has 0 spiro atoms. The molecule has 2 N–H and O–H groups in total. The van der Waals surface area contributed by atoms with Crippen LogP contribution in [0.1, 0.15) is 31.1 Å². The zero-order valence-electron chi connectivity index (χ0n) is 12.0. The predicted molar refractivity (Wildman–Crippen MR) is 81.0 cm³/mol. The van der Waals surface area contributed by atoms with Crippen LogP contribution in [0.15, 0.2) is 41.3 Å². The Morgan fingerprint density at radius 3 is 2.14 bits per heavy atom. The number of carboxylic acid groups (broad SMARTS) is 1. The van der Waals surface area contributed by atoms with E-state index in [0.717, 1.165) is 0 Å². The maximum absolute atomic E-state index is 12.5. The largest absolute Gasteiger partial charge is 0.478 e. The van der Waals surface area contributed by atoms with Gasteiger partial charge in [0, 0.05) is 10.9 Å². The van der Waals surface area contributed by atoms with Crippen LogP contribution in [-0.2, 0) is 10.0 Å². The van der Waals surface area contributed by atoms with Crippen LogP contribution in [0.4, 0.5) is 0 Å². The van der Waals surface area contributed by atoms with E-state index in [1.54, 1.807) is 45.0 Å². The van der Waals surface area contributed by atoms with Crippen LogP contribution >= 0.6 is 0 Å². The van der Waals surface area contributed by atoms with Crippen LogP contribution in [-0.4, -0.2) is 25.0 Å². The van der Waals surface area contributed by atoms with Gasteiger partial charge in [-0.05, 0) is 38.3 Å². The van der Waals surface area contributed by atoms with Crippen LogP contribution in [0.5, 0.6) is 0 Å². The Balaban J connectivity index is 2.73. The Hall–Kier alpha value is -1.92. The van der Waals surface area contributed by atoms with Crippen LogP contribution in [0.3, 0.4) is 0 Å². The van der Waals surface area contributed by atoms with Gasteiger partial charge in [-0.2, -0.15) is 0 Å². The second-order valence-corrected chi connectivity index (χ2v) is 7.47. The molecule has 0 aliphatic rings. The molecule has 2 aromatic rings. The maximum Gasteiger partial charge on any atom is 0.336 e. The summed E-state index contributed by atoms with van der Waals surface area (Å²) < 4.78 is 27.5. The molecule has 0 aliphatic carbocycles. The number of rotatable bonds is 3. The smallest absolute Gasteiger partial charge is 0.336 e. The third-order valence-corrected chi connectivity index (χ3v) is 4.66. The van der Waals surface area contributed by atoms with Gasteiger partial charge >= 0.3 is 5.97 Å². The van der Waals surface area contributed by atoms with Crippen LogP contribution in [0.25, 0.3) is 10.8 Å². The van der Waals surface area contributed by atoms with Crippen LogP contribution < -0.4 is 4.72 Å². The summed E-state index contributed by atoms with van der Waals surface area (Å²) in [4.78, 5) is 11.3. The van der Waals surface area contributed by atoms with Gasteiger partial charge in [0.15, 0.2) is 0 Å². The molecule has 112 valence electrons. The maximum atomic E-state index is 12.5. The van der Waals surface area contributed by atoms with Crippen molar-refractivity contribution in [3.8, 4) is 0 Å². The first-order valence-electron chi connectivity index (χ1n) is 6.41. The molecular weight excluding hydrogens is 290 g/mol. The molecule has 0 atom stereocenters. The molecule has 0 radical (unpaired) electrons. The molecule has 0 unspecified atom stereocenters. The van der Waals surface area contributed by atoms with E-state index in [4.69, 9.17) is 0 Å². The Bertz CT molecular complexity index is 804. The minimum absolute atomic E-state index is 0.0815. The van der Waals surface area contributed by atoms with Gasteiger partial charge in [-0.25, -0.2) is 17.9 Å². The van der Waals surface area contributed by atoms with Crippen molar-refractivity contribution in [3.05, 3.63) is 42.0 Å². The minimum atomic E-state index is -3.73. The fourth-order valence-corrected chi connectivity index (χ4v) is 3.78. The number of fused-ring (bicyclic) bond motifs is 1. The summed E-state index contributed by atoms with van der Waals surface area (Å²) in [6.07, 6.45) is 0. The van der Waals surface area contributed by atoms with E-state index < -0.39 is 21.5 Å². The van der Waals surface area contributed by atoms with E-state index in [2.05, 4.69) is 4.72 Å². The first-order chi connectivity index (χ1) is 9.62. The number of carboxylic acids is 1. The average Bonchev–Trinajstić information content (AvgIpc) is 2.34. The highest BCUT2D eigenvalue weighted by Crippen LogP contribution is 2.27. The molecule has 0 aromatic heterocycles. The van der Waals surface area contributed by atoms with Gasteiger partial charge < -0.3 is 5.11 Å². The zero-order valence-corrected chi connectivity index (χ0v) is 12.9. The predicted octanol–water partition coefficient (Wildman–Crippen LogP) is 2.61. The summed E-state index contributed by atoms with van der Waals surface area (Å²) in [5.41, 5.74) is -0.536. The van der Waals surface area contributed by atoms with Crippen molar-refractivity contribution in [1.82, 2.24) is 4.72 Å². The highest BCUT2D eigenvalue weighted by molar-refractivity contribution is 7.89. The lowest BCUT2D eigenvalue weighted by molar-refractivity contribution is 0.0699. The second kappa shape index (κ2) is 5.13. The number of hydrogen-bond donors (Lipinski definition) is 2. The molecule has 2 aromatic carbocycles. The third-order valence-electron chi connectivity index (χ3n) is 2.84. The average molecular weight is 307 g/mol. The lowest BCUT2D eigenvalue weighted by atomic mass is 10.0. The summed E-state index contributed by atoms with van der Waals surface area (Å²) in [5, 5.41) is 10.00. The number of carbonyl (C=O) groups is 1. The molecule has 0 bridgehead atoms.